The first-order chi connectivity index (χ1) is 12.6. The number of hydrogen-bond acceptors (Lipinski definition) is 5. The Balaban J connectivity index is 1.66. The fourth-order valence-electron chi connectivity index (χ4n) is 3.32. The highest BCUT2D eigenvalue weighted by Crippen LogP contribution is 2.23. The highest BCUT2D eigenvalue weighted by molar-refractivity contribution is 6.03. The fourth-order valence-corrected chi connectivity index (χ4v) is 3.32. The van der Waals surface area contributed by atoms with Crippen LogP contribution in [-0.4, -0.2) is 42.6 Å². The van der Waals surface area contributed by atoms with Crippen LogP contribution in [0.3, 0.4) is 0 Å². The molecule has 0 radical (unpaired) electrons. The predicted octanol–water partition coefficient (Wildman–Crippen LogP) is 3.56. The average molecular weight is 353 g/mol. The molecule has 0 aliphatic carbocycles. The van der Waals surface area contributed by atoms with E-state index in [0.717, 1.165) is 30.3 Å². The standard InChI is InChI=1S/C20H27N5O/c1-4-17-7-5-6-12-25(17)20-21-13-15(14-22-20)19(26)23-16-8-10-18(11-9-16)24(2)3/h8-11,13-14,17H,4-7,12H2,1-3H3,(H,23,26). The zero-order valence-corrected chi connectivity index (χ0v) is 15.8. The Hall–Kier alpha value is -2.63. The zero-order chi connectivity index (χ0) is 18.5. The molecule has 6 nitrogen and oxygen atoms in total. The van der Waals surface area contributed by atoms with Gasteiger partial charge in [-0.25, -0.2) is 9.97 Å². The number of nitrogens with zero attached hydrogens (tertiary/aromatic N) is 4. The van der Waals surface area contributed by atoms with Gasteiger partial charge < -0.3 is 15.1 Å². The van der Waals surface area contributed by atoms with Crippen molar-refractivity contribution < 1.29 is 4.79 Å². The van der Waals surface area contributed by atoms with Crippen molar-refractivity contribution in [2.24, 2.45) is 0 Å². The number of rotatable bonds is 5. The molecule has 1 fully saturated rings. The molecular formula is C20H27N5O. The van der Waals surface area contributed by atoms with Crippen LogP contribution in [0.5, 0.6) is 0 Å². The van der Waals surface area contributed by atoms with Gasteiger partial charge in [0.2, 0.25) is 5.95 Å². The zero-order valence-electron chi connectivity index (χ0n) is 15.8. The molecule has 1 atom stereocenters. The predicted molar refractivity (Wildman–Crippen MR) is 106 cm³/mol. The Kier molecular flexibility index (Phi) is 5.71. The van der Waals surface area contributed by atoms with E-state index < -0.39 is 0 Å². The molecule has 1 aliphatic rings. The van der Waals surface area contributed by atoms with E-state index in [1.165, 1.54) is 19.3 Å². The second-order valence-corrected chi connectivity index (χ2v) is 6.92. The molecule has 1 aromatic carbocycles. The molecule has 0 saturated carbocycles. The average Bonchev–Trinajstić information content (AvgIpc) is 2.68. The molecule has 1 aliphatic heterocycles. The number of hydrogen-bond donors (Lipinski definition) is 1. The van der Waals surface area contributed by atoms with E-state index in [0.29, 0.717) is 11.6 Å². The van der Waals surface area contributed by atoms with Crippen molar-refractivity contribution in [1.29, 1.82) is 0 Å². The summed E-state index contributed by atoms with van der Waals surface area (Å²) in [6.07, 6.45) is 7.95. The summed E-state index contributed by atoms with van der Waals surface area (Å²) in [5.74, 6) is 0.531. The third kappa shape index (κ3) is 4.12. The van der Waals surface area contributed by atoms with Crippen LogP contribution in [0.1, 0.15) is 43.0 Å². The summed E-state index contributed by atoms with van der Waals surface area (Å²) < 4.78 is 0. The minimum atomic E-state index is -0.195. The van der Waals surface area contributed by atoms with E-state index >= 15 is 0 Å². The molecule has 0 bridgehead atoms. The smallest absolute Gasteiger partial charge is 0.258 e. The largest absolute Gasteiger partial charge is 0.378 e. The molecule has 0 spiro atoms. The lowest BCUT2D eigenvalue weighted by molar-refractivity contribution is 0.102. The highest BCUT2D eigenvalue weighted by Gasteiger charge is 2.23. The van der Waals surface area contributed by atoms with Gasteiger partial charge in [-0.3, -0.25) is 4.79 Å². The SMILES string of the molecule is CCC1CCCCN1c1ncc(C(=O)Nc2ccc(N(C)C)cc2)cn1. The molecule has 2 aromatic rings. The summed E-state index contributed by atoms with van der Waals surface area (Å²) in [6, 6.07) is 8.22. The van der Waals surface area contributed by atoms with Crippen molar-refractivity contribution in [3.63, 3.8) is 0 Å². The molecular weight excluding hydrogens is 326 g/mol. The number of carbonyl (C=O) groups excluding carboxylic acids is 1. The van der Waals surface area contributed by atoms with Crippen LogP contribution < -0.4 is 15.1 Å². The molecule has 1 saturated heterocycles. The number of nitrogens with one attached hydrogen (secondary N) is 1. The van der Waals surface area contributed by atoms with E-state index in [1.54, 1.807) is 12.4 Å². The van der Waals surface area contributed by atoms with Crippen LogP contribution in [0.2, 0.25) is 0 Å². The number of aromatic nitrogens is 2. The second kappa shape index (κ2) is 8.17. The Morgan fingerprint density at radius 3 is 2.50 bits per heavy atom. The molecule has 1 amide bonds. The molecule has 1 aromatic heterocycles. The molecule has 2 heterocycles. The van der Waals surface area contributed by atoms with E-state index in [9.17, 15) is 4.79 Å². The number of carbonyl (C=O) groups is 1. The van der Waals surface area contributed by atoms with E-state index in [-0.39, 0.29) is 5.91 Å². The van der Waals surface area contributed by atoms with Crippen molar-refractivity contribution in [1.82, 2.24) is 9.97 Å². The molecule has 1 N–H and O–H groups in total. The minimum Gasteiger partial charge on any atom is -0.378 e. The summed E-state index contributed by atoms with van der Waals surface area (Å²) in [5.41, 5.74) is 2.31. The van der Waals surface area contributed by atoms with Crippen molar-refractivity contribution in [3.05, 3.63) is 42.2 Å². The van der Waals surface area contributed by atoms with Crippen molar-refractivity contribution in [3.8, 4) is 0 Å². The minimum absolute atomic E-state index is 0.195. The molecule has 1 unspecified atom stereocenters. The highest BCUT2D eigenvalue weighted by atomic mass is 16.1. The van der Waals surface area contributed by atoms with E-state index in [2.05, 4.69) is 27.1 Å². The fraction of sp³-hybridized carbons (Fsp3) is 0.450. The van der Waals surface area contributed by atoms with Crippen LogP contribution >= 0.6 is 0 Å². The number of benzene rings is 1. The third-order valence-corrected chi connectivity index (χ3v) is 4.90. The van der Waals surface area contributed by atoms with Crippen LogP contribution in [-0.2, 0) is 0 Å². The first-order valence-corrected chi connectivity index (χ1v) is 9.26. The van der Waals surface area contributed by atoms with E-state index in [1.807, 2.05) is 43.3 Å². The first-order valence-electron chi connectivity index (χ1n) is 9.26. The van der Waals surface area contributed by atoms with Gasteiger partial charge in [0.1, 0.15) is 0 Å². The van der Waals surface area contributed by atoms with E-state index in [4.69, 9.17) is 0 Å². The summed E-state index contributed by atoms with van der Waals surface area (Å²) in [4.78, 5) is 25.6. The van der Waals surface area contributed by atoms with Gasteiger partial charge in [0.05, 0.1) is 5.56 Å². The lowest BCUT2D eigenvalue weighted by Gasteiger charge is -2.35. The maximum Gasteiger partial charge on any atom is 0.258 e. The lowest BCUT2D eigenvalue weighted by Crippen LogP contribution is -2.40. The quantitative estimate of drug-likeness (QED) is 0.890. The summed E-state index contributed by atoms with van der Waals surface area (Å²) in [6.45, 7) is 3.19. The van der Waals surface area contributed by atoms with Crippen molar-refractivity contribution >= 4 is 23.2 Å². The Bertz CT molecular complexity index is 727. The molecule has 26 heavy (non-hydrogen) atoms. The van der Waals surface area contributed by atoms with Crippen molar-refractivity contribution in [2.75, 3.05) is 35.8 Å². The van der Waals surface area contributed by atoms with Crippen molar-refractivity contribution in [2.45, 2.75) is 38.6 Å². The van der Waals surface area contributed by atoms with Gasteiger partial charge in [-0.1, -0.05) is 6.92 Å². The molecule has 6 heteroatoms. The van der Waals surface area contributed by atoms with Gasteiger partial charge in [0.15, 0.2) is 0 Å². The Morgan fingerprint density at radius 1 is 1.19 bits per heavy atom. The van der Waals surface area contributed by atoms with Crippen LogP contribution in [0.15, 0.2) is 36.7 Å². The van der Waals surface area contributed by atoms with Gasteiger partial charge in [0, 0.05) is 50.5 Å². The topological polar surface area (TPSA) is 61.4 Å². The van der Waals surface area contributed by atoms with Gasteiger partial charge in [0.25, 0.3) is 5.91 Å². The van der Waals surface area contributed by atoms with Gasteiger partial charge in [-0.2, -0.15) is 0 Å². The molecule has 3 rings (SSSR count). The molecule has 138 valence electrons. The monoisotopic (exact) mass is 353 g/mol. The Morgan fingerprint density at radius 2 is 1.88 bits per heavy atom. The lowest BCUT2D eigenvalue weighted by atomic mass is 10.0. The number of amides is 1. The van der Waals surface area contributed by atoms with Crippen LogP contribution in [0.4, 0.5) is 17.3 Å². The normalized spacial score (nSPS) is 17.0. The number of anilines is 3. The van der Waals surface area contributed by atoms with Crippen LogP contribution in [0.25, 0.3) is 0 Å². The summed E-state index contributed by atoms with van der Waals surface area (Å²) in [7, 11) is 3.97. The van der Waals surface area contributed by atoms with Gasteiger partial charge in [-0.15, -0.1) is 0 Å². The third-order valence-electron chi connectivity index (χ3n) is 4.90. The van der Waals surface area contributed by atoms with Crippen LogP contribution in [0, 0.1) is 0 Å². The Labute approximate surface area is 155 Å². The van der Waals surface area contributed by atoms with Gasteiger partial charge in [-0.05, 0) is 49.9 Å². The maximum atomic E-state index is 12.4. The summed E-state index contributed by atoms with van der Waals surface area (Å²) in [5, 5.41) is 2.89. The number of piperidine rings is 1. The second-order valence-electron chi connectivity index (χ2n) is 6.92. The maximum absolute atomic E-state index is 12.4. The first kappa shape index (κ1) is 18.2. The summed E-state index contributed by atoms with van der Waals surface area (Å²) >= 11 is 0. The van der Waals surface area contributed by atoms with Gasteiger partial charge >= 0.3 is 0 Å².